The summed E-state index contributed by atoms with van der Waals surface area (Å²) in [5.74, 6) is 1.49. The summed E-state index contributed by atoms with van der Waals surface area (Å²) in [4.78, 5) is 27.1. The van der Waals surface area contributed by atoms with Crippen molar-refractivity contribution in [3.05, 3.63) is 34.1 Å². The molecule has 116 valence electrons. The molecule has 22 heavy (non-hydrogen) atoms. The van der Waals surface area contributed by atoms with E-state index in [4.69, 9.17) is 4.74 Å². The van der Waals surface area contributed by atoms with Crippen LogP contribution in [0, 0.1) is 0 Å². The molecule has 0 aliphatic carbocycles. The molecular weight excluding hydrogens is 322 g/mol. The Morgan fingerprint density at radius 3 is 2.64 bits per heavy atom. The first-order valence-corrected chi connectivity index (χ1v) is 8.78. The van der Waals surface area contributed by atoms with E-state index in [0.29, 0.717) is 16.3 Å². The van der Waals surface area contributed by atoms with Gasteiger partial charge in [0.1, 0.15) is 5.75 Å². The van der Waals surface area contributed by atoms with Gasteiger partial charge in [0.2, 0.25) is 0 Å². The molecule has 2 heterocycles. The molecule has 0 aromatic heterocycles. The normalized spacial score (nSPS) is 21.0. The van der Waals surface area contributed by atoms with E-state index in [1.807, 2.05) is 0 Å². The molecule has 0 bridgehead atoms. The van der Waals surface area contributed by atoms with Gasteiger partial charge in [-0.05, 0) is 24.3 Å². The number of anilines is 1. The number of carbonyl (C=O) groups excluding carboxylic acids is 1. The Labute approximate surface area is 136 Å². The molecule has 1 atom stereocenters. The number of hydrogen-bond donors (Lipinski definition) is 1. The van der Waals surface area contributed by atoms with Crippen molar-refractivity contribution in [1.29, 1.82) is 0 Å². The van der Waals surface area contributed by atoms with Crippen molar-refractivity contribution >= 4 is 41.1 Å². The number of carbonyl (C=O) groups is 2. The fourth-order valence-electron chi connectivity index (χ4n) is 2.60. The molecule has 1 N–H and O–H groups in total. The van der Waals surface area contributed by atoms with E-state index in [1.165, 1.54) is 11.8 Å². The molecule has 0 spiro atoms. The molecule has 1 amide bonds. The van der Waals surface area contributed by atoms with Crippen molar-refractivity contribution in [1.82, 2.24) is 0 Å². The monoisotopic (exact) mass is 337 g/mol. The molecule has 2 aliphatic heterocycles. The summed E-state index contributed by atoms with van der Waals surface area (Å²) < 4.78 is 5.13. The lowest BCUT2D eigenvalue weighted by atomic mass is 10.1. The molecule has 3 rings (SSSR count). The first kappa shape index (κ1) is 15.3. The van der Waals surface area contributed by atoms with Gasteiger partial charge in [0.15, 0.2) is 0 Å². The second-order valence-corrected chi connectivity index (χ2v) is 7.12. The molecule has 5 nitrogen and oxygen atoms in total. The maximum Gasteiger partial charge on any atom is 0.305 e. The van der Waals surface area contributed by atoms with Gasteiger partial charge in [-0.2, -0.15) is 0 Å². The highest BCUT2D eigenvalue weighted by atomic mass is 32.2. The number of amides is 1. The Balaban J connectivity index is 1.97. The molecular formula is C15H15NO4S2. The molecule has 1 unspecified atom stereocenters. The summed E-state index contributed by atoms with van der Waals surface area (Å²) >= 11 is 3.13. The number of carboxylic acid groups (broad SMARTS) is 1. The number of nitrogens with zero attached hydrogens (tertiary/aromatic N) is 1. The zero-order chi connectivity index (χ0) is 15.7. The third-order valence-electron chi connectivity index (χ3n) is 3.56. The Morgan fingerprint density at radius 1 is 1.32 bits per heavy atom. The van der Waals surface area contributed by atoms with Gasteiger partial charge < -0.3 is 9.84 Å². The summed E-state index contributed by atoms with van der Waals surface area (Å²) in [6, 6.07) is 6.72. The van der Waals surface area contributed by atoms with Crippen molar-refractivity contribution < 1.29 is 19.4 Å². The van der Waals surface area contributed by atoms with Crippen LogP contribution < -0.4 is 9.64 Å². The lowest BCUT2D eigenvalue weighted by Gasteiger charge is -2.25. The van der Waals surface area contributed by atoms with Crippen LogP contribution in [0.5, 0.6) is 5.75 Å². The zero-order valence-corrected chi connectivity index (χ0v) is 13.6. The molecule has 2 aliphatic rings. The van der Waals surface area contributed by atoms with Crippen LogP contribution in [-0.2, 0) is 9.59 Å². The van der Waals surface area contributed by atoms with E-state index in [-0.39, 0.29) is 12.3 Å². The fraction of sp³-hybridized carbons (Fsp3) is 0.333. The van der Waals surface area contributed by atoms with E-state index < -0.39 is 12.0 Å². The van der Waals surface area contributed by atoms with Crippen molar-refractivity contribution in [2.75, 3.05) is 23.5 Å². The second kappa shape index (κ2) is 6.26. The number of ether oxygens (including phenoxy) is 1. The lowest BCUT2D eigenvalue weighted by molar-refractivity contribution is -0.137. The fourth-order valence-corrected chi connectivity index (χ4v) is 5.15. The van der Waals surface area contributed by atoms with Crippen LogP contribution in [0.3, 0.4) is 0 Å². The summed E-state index contributed by atoms with van der Waals surface area (Å²) in [5, 5.41) is 9.20. The lowest BCUT2D eigenvalue weighted by Crippen LogP contribution is -2.36. The third kappa shape index (κ3) is 2.70. The van der Waals surface area contributed by atoms with E-state index in [1.54, 1.807) is 48.0 Å². The predicted molar refractivity (Wildman–Crippen MR) is 88.5 cm³/mol. The van der Waals surface area contributed by atoms with E-state index in [0.717, 1.165) is 16.4 Å². The number of methoxy groups -OCH3 is 1. The molecule has 0 radical (unpaired) electrons. The zero-order valence-electron chi connectivity index (χ0n) is 11.9. The second-order valence-electron chi connectivity index (χ2n) is 4.88. The Hall–Kier alpha value is -1.60. The minimum absolute atomic E-state index is 0.0792. The maximum atomic E-state index is 12.7. The predicted octanol–water partition coefficient (Wildman–Crippen LogP) is 2.58. The molecule has 0 fully saturated rings. The molecule has 1 aromatic rings. The molecule has 7 heteroatoms. The smallest absolute Gasteiger partial charge is 0.305 e. The SMILES string of the molecule is COc1ccc(N2C(=O)C3=C(SCCS3)C2CC(=O)O)cc1. The number of hydrogen-bond acceptors (Lipinski definition) is 5. The maximum absolute atomic E-state index is 12.7. The quantitative estimate of drug-likeness (QED) is 0.911. The van der Waals surface area contributed by atoms with Gasteiger partial charge in [-0.3, -0.25) is 14.5 Å². The highest BCUT2D eigenvalue weighted by Crippen LogP contribution is 2.46. The van der Waals surface area contributed by atoms with Gasteiger partial charge in [0.05, 0.1) is 24.5 Å². The van der Waals surface area contributed by atoms with Gasteiger partial charge in [0.25, 0.3) is 5.91 Å². The van der Waals surface area contributed by atoms with Crippen LogP contribution in [0.25, 0.3) is 0 Å². The van der Waals surface area contributed by atoms with Gasteiger partial charge in [0, 0.05) is 22.1 Å². The first-order valence-electron chi connectivity index (χ1n) is 6.81. The number of benzene rings is 1. The average molecular weight is 337 g/mol. The minimum atomic E-state index is -0.902. The topological polar surface area (TPSA) is 66.8 Å². The van der Waals surface area contributed by atoms with Gasteiger partial charge in [-0.15, -0.1) is 23.5 Å². The standard InChI is InChI=1S/C15H15NO4S2/c1-20-10-4-2-9(3-5-10)16-11(8-12(17)18)13-14(15(16)19)22-7-6-21-13/h2-5,11H,6-8H2,1H3,(H,17,18). The van der Waals surface area contributed by atoms with Crippen LogP contribution in [0.2, 0.25) is 0 Å². The third-order valence-corrected chi connectivity index (χ3v) is 6.23. The van der Waals surface area contributed by atoms with Crippen LogP contribution in [0.15, 0.2) is 34.1 Å². The average Bonchev–Trinajstić information content (AvgIpc) is 2.80. The summed E-state index contributed by atoms with van der Waals surface area (Å²) in [5.41, 5.74) is 0.702. The van der Waals surface area contributed by atoms with E-state index >= 15 is 0 Å². The van der Waals surface area contributed by atoms with Crippen molar-refractivity contribution in [2.45, 2.75) is 12.5 Å². The highest BCUT2D eigenvalue weighted by Gasteiger charge is 2.42. The van der Waals surface area contributed by atoms with Crippen molar-refractivity contribution in [3.63, 3.8) is 0 Å². The number of thioether (sulfide) groups is 2. The Kier molecular flexibility index (Phi) is 4.35. The molecule has 0 saturated heterocycles. The minimum Gasteiger partial charge on any atom is -0.497 e. The number of aliphatic carboxylic acids is 1. The Morgan fingerprint density at radius 2 is 2.00 bits per heavy atom. The van der Waals surface area contributed by atoms with E-state index in [2.05, 4.69) is 0 Å². The summed E-state index contributed by atoms with van der Waals surface area (Å²) in [7, 11) is 1.58. The van der Waals surface area contributed by atoms with Crippen molar-refractivity contribution in [3.8, 4) is 5.75 Å². The largest absolute Gasteiger partial charge is 0.497 e. The number of rotatable bonds is 4. The van der Waals surface area contributed by atoms with Crippen molar-refractivity contribution in [2.24, 2.45) is 0 Å². The van der Waals surface area contributed by atoms with Crippen LogP contribution in [0.1, 0.15) is 6.42 Å². The van der Waals surface area contributed by atoms with Crippen LogP contribution in [0.4, 0.5) is 5.69 Å². The van der Waals surface area contributed by atoms with Gasteiger partial charge in [-0.1, -0.05) is 0 Å². The Bertz CT molecular complexity index is 641. The first-order chi connectivity index (χ1) is 10.6. The molecule has 1 aromatic carbocycles. The van der Waals surface area contributed by atoms with Crippen LogP contribution >= 0.6 is 23.5 Å². The van der Waals surface area contributed by atoms with Gasteiger partial charge in [-0.25, -0.2) is 0 Å². The molecule has 0 saturated carbocycles. The van der Waals surface area contributed by atoms with E-state index in [9.17, 15) is 14.7 Å². The summed E-state index contributed by atoms with van der Waals surface area (Å²) in [6.07, 6.45) is -0.0792. The number of carboxylic acids is 1. The van der Waals surface area contributed by atoms with Crippen LogP contribution in [-0.4, -0.2) is 41.6 Å². The van der Waals surface area contributed by atoms with Gasteiger partial charge >= 0.3 is 5.97 Å². The highest BCUT2D eigenvalue weighted by molar-refractivity contribution is 8.10. The summed E-state index contributed by atoms with van der Waals surface area (Å²) in [6.45, 7) is 0.